The van der Waals surface area contributed by atoms with E-state index in [-0.39, 0.29) is 17.6 Å². The van der Waals surface area contributed by atoms with E-state index in [1.165, 1.54) is 18.3 Å². The molecule has 2 aromatic carbocycles. The maximum absolute atomic E-state index is 13.4. The third-order valence-electron chi connectivity index (χ3n) is 6.25. The van der Waals surface area contributed by atoms with Crippen LogP contribution in [0, 0.1) is 11.8 Å². The zero-order chi connectivity index (χ0) is 25.2. The van der Waals surface area contributed by atoms with Gasteiger partial charge in [-0.1, -0.05) is 51.8 Å². The van der Waals surface area contributed by atoms with E-state index < -0.39 is 11.8 Å². The molecule has 36 heavy (non-hydrogen) atoms. The number of nitrogens with zero attached hydrogens (tertiary/aromatic N) is 3. The zero-order valence-electron chi connectivity index (χ0n) is 19.1. The zero-order valence-corrected chi connectivity index (χ0v) is 21.5. The molecule has 0 radical (unpaired) electrons. The predicted molar refractivity (Wildman–Crippen MR) is 141 cm³/mol. The van der Waals surface area contributed by atoms with E-state index in [9.17, 15) is 13.6 Å². The highest BCUT2D eigenvalue weighted by atomic mass is 79.9. The fourth-order valence-corrected chi connectivity index (χ4v) is 5.08. The van der Waals surface area contributed by atoms with Gasteiger partial charge in [0.15, 0.2) is 0 Å². The second-order valence-corrected chi connectivity index (χ2v) is 9.95. The lowest BCUT2D eigenvalue weighted by molar-refractivity contribution is 0.240. The van der Waals surface area contributed by atoms with Crippen molar-refractivity contribution in [2.45, 2.75) is 19.5 Å². The molecule has 0 saturated carbocycles. The van der Waals surface area contributed by atoms with Gasteiger partial charge < -0.3 is 5.32 Å². The second-order valence-electron chi connectivity index (χ2n) is 8.63. The Labute approximate surface area is 220 Å². The standard InChI is InChI=1S/C27H22BrClF2N4O/c28-19-4-5-20-21-16-34(10-1-2-17-3-6-23(30)22(29)12-17)11-8-24(21)35(25(20)14-19)27(36)33-15-18-7-9-32-26(31)13-18/h1-7,9,12-14H,8,10-11,15-16H2,(H,33,36). The Hall–Kier alpha value is -3.07. The van der Waals surface area contributed by atoms with Gasteiger partial charge in [0.05, 0.1) is 10.5 Å². The topological polar surface area (TPSA) is 50.2 Å². The molecule has 0 spiro atoms. The molecule has 5 nitrogen and oxygen atoms in total. The van der Waals surface area contributed by atoms with E-state index in [1.807, 2.05) is 30.4 Å². The summed E-state index contributed by atoms with van der Waals surface area (Å²) in [5, 5.41) is 4.04. The molecular formula is C27H22BrClF2N4O. The maximum Gasteiger partial charge on any atom is 0.326 e. The summed E-state index contributed by atoms with van der Waals surface area (Å²) >= 11 is 9.40. The quantitative estimate of drug-likeness (QED) is 0.276. The molecule has 0 aliphatic carbocycles. The van der Waals surface area contributed by atoms with Crippen LogP contribution in [0.15, 0.2) is 65.3 Å². The van der Waals surface area contributed by atoms with Crippen molar-refractivity contribution in [2.75, 3.05) is 13.1 Å². The Morgan fingerprint density at radius 3 is 2.83 bits per heavy atom. The first kappa shape index (κ1) is 24.6. The number of halogens is 4. The van der Waals surface area contributed by atoms with Crippen LogP contribution in [0.2, 0.25) is 5.02 Å². The number of benzene rings is 2. The average Bonchev–Trinajstić information content (AvgIpc) is 3.17. The Balaban J connectivity index is 1.36. The molecule has 9 heteroatoms. The van der Waals surface area contributed by atoms with Gasteiger partial charge in [0, 0.05) is 54.3 Å². The van der Waals surface area contributed by atoms with Crippen LogP contribution in [0.3, 0.4) is 0 Å². The van der Waals surface area contributed by atoms with Gasteiger partial charge in [-0.15, -0.1) is 0 Å². The summed E-state index contributed by atoms with van der Waals surface area (Å²) in [5.41, 5.74) is 4.40. The molecule has 0 saturated heterocycles. The van der Waals surface area contributed by atoms with E-state index in [0.717, 1.165) is 38.7 Å². The van der Waals surface area contributed by atoms with E-state index in [1.54, 1.807) is 22.8 Å². The van der Waals surface area contributed by atoms with E-state index >= 15 is 0 Å². The van der Waals surface area contributed by atoms with Crippen LogP contribution >= 0.6 is 27.5 Å². The van der Waals surface area contributed by atoms with E-state index in [2.05, 4.69) is 31.1 Å². The van der Waals surface area contributed by atoms with Crippen molar-refractivity contribution in [1.82, 2.24) is 19.8 Å². The first-order chi connectivity index (χ1) is 17.4. The van der Waals surface area contributed by atoms with Crippen LogP contribution in [0.5, 0.6) is 0 Å². The van der Waals surface area contributed by atoms with Crippen molar-refractivity contribution in [3.8, 4) is 0 Å². The summed E-state index contributed by atoms with van der Waals surface area (Å²) < 4.78 is 29.5. The number of carbonyl (C=O) groups is 1. The number of aromatic nitrogens is 2. The molecule has 5 rings (SSSR count). The minimum Gasteiger partial charge on any atom is -0.333 e. The largest absolute Gasteiger partial charge is 0.333 e. The average molecular weight is 572 g/mol. The van der Waals surface area contributed by atoms with Crippen molar-refractivity contribution in [3.63, 3.8) is 0 Å². The molecular weight excluding hydrogens is 550 g/mol. The van der Waals surface area contributed by atoms with Crippen molar-refractivity contribution < 1.29 is 13.6 Å². The van der Waals surface area contributed by atoms with Gasteiger partial charge >= 0.3 is 6.03 Å². The summed E-state index contributed by atoms with van der Waals surface area (Å²) in [7, 11) is 0. The van der Waals surface area contributed by atoms with Crippen LogP contribution in [-0.2, 0) is 19.5 Å². The number of rotatable bonds is 5. The van der Waals surface area contributed by atoms with Gasteiger partial charge in [-0.3, -0.25) is 9.47 Å². The van der Waals surface area contributed by atoms with Crippen molar-refractivity contribution in [3.05, 3.63) is 104 Å². The minimum absolute atomic E-state index is 0.103. The lowest BCUT2D eigenvalue weighted by Gasteiger charge is -2.27. The highest BCUT2D eigenvalue weighted by Crippen LogP contribution is 2.32. The third-order valence-corrected chi connectivity index (χ3v) is 7.03. The van der Waals surface area contributed by atoms with Crippen LogP contribution in [-0.4, -0.2) is 33.6 Å². The molecule has 3 heterocycles. The summed E-state index contributed by atoms with van der Waals surface area (Å²) in [5.74, 6) is -1.01. The highest BCUT2D eigenvalue weighted by molar-refractivity contribution is 9.10. The summed E-state index contributed by atoms with van der Waals surface area (Å²) in [6.45, 7) is 2.38. The number of nitrogens with one attached hydrogen (secondary N) is 1. The van der Waals surface area contributed by atoms with E-state index in [0.29, 0.717) is 25.1 Å². The Morgan fingerprint density at radius 2 is 2.03 bits per heavy atom. The lowest BCUT2D eigenvalue weighted by atomic mass is 10.0. The van der Waals surface area contributed by atoms with Gasteiger partial charge in [0.25, 0.3) is 0 Å². The van der Waals surface area contributed by atoms with Gasteiger partial charge in [-0.25, -0.2) is 14.2 Å². The smallest absolute Gasteiger partial charge is 0.326 e. The molecule has 0 atom stereocenters. The summed E-state index contributed by atoms with van der Waals surface area (Å²) in [6, 6.07) is 13.3. The van der Waals surface area contributed by atoms with Crippen molar-refractivity contribution >= 4 is 50.5 Å². The number of carbonyl (C=O) groups excluding carboxylic acids is 1. The Kier molecular flexibility index (Phi) is 7.18. The SMILES string of the molecule is O=C(NCc1ccnc(F)c1)n1c2c(c3ccc(Br)cc31)CN(CC=Cc1ccc(F)c(Cl)c1)CC2. The predicted octanol–water partition coefficient (Wildman–Crippen LogP) is 6.56. The molecule has 0 unspecified atom stereocenters. The first-order valence-electron chi connectivity index (χ1n) is 11.4. The number of pyridine rings is 1. The molecule has 0 bridgehead atoms. The summed E-state index contributed by atoms with van der Waals surface area (Å²) in [4.78, 5) is 19.1. The highest BCUT2D eigenvalue weighted by Gasteiger charge is 2.26. The number of hydrogen-bond donors (Lipinski definition) is 1. The maximum atomic E-state index is 13.4. The first-order valence-corrected chi connectivity index (χ1v) is 12.6. The van der Waals surface area contributed by atoms with Crippen molar-refractivity contribution in [2.24, 2.45) is 0 Å². The second kappa shape index (κ2) is 10.5. The van der Waals surface area contributed by atoms with Crippen LogP contribution in [0.4, 0.5) is 13.6 Å². The fourth-order valence-electron chi connectivity index (χ4n) is 4.54. The normalized spacial score (nSPS) is 13.9. The van der Waals surface area contributed by atoms with Crippen LogP contribution < -0.4 is 5.32 Å². The number of hydrogen-bond acceptors (Lipinski definition) is 3. The fraction of sp³-hybridized carbons (Fsp3) is 0.185. The van der Waals surface area contributed by atoms with Crippen LogP contribution in [0.25, 0.3) is 17.0 Å². The molecule has 2 aromatic heterocycles. The Morgan fingerprint density at radius 1 is 1.17 bits per heavy atom. The molecule has 1 amide bonds. The lowest BCUT2D eigenvalue weighted by Crippen LogP contribution is -2.34. The summed E-state index contributed by atoms with van der Waals surface area (Å²) in [6.07, 6.45) is 6.05. The van der Waals surface area contributed by atoms with Crippen molar-refractivity contribution in [1.29, 1.82) is 0 Å². The number of fused-ring (bicyclic) bond motifs is 3. The monoisotopic (exact) mass is 570 g/mol. The Bertz CT molecular complexity index is 1490. The van der Waals surface area contributed by atoms with Gasteiger partial charge in [-0.2, -0.15) is 4.39 Å². The molecule has 1 aliphatic rings. The minimum atomic E-state index is -0.578. The molecule has 0 fully saturated rings. The third kappa shape index (κ3) is 5.21. The molecule has 1 aliphatic heterocycles. The molecule has 4 aromatic rings. The van der Waals surface area contributed by atoms with Gasteiger partial charge in [0.1, 0.15) is 5.82 Å². The number of amides is 1. The van der Waals surface area contributed by atoms with Crippen LogP contribution in [0.1, 0.15) is 22.4 Å². The van der Waals surface area contributed by atoms with E-state index in [4.69, 9.17) is 11.6 Å². The molecule has 1 N–H and O–H groups in total. The van der Waals surface area contributed by atoms with Gasteiger partial charge in [-0.05, 0) is 53.1 Å². The molecule has 184 valence electrons. The van der Waals surface area contributed by atoms with Gasteiger partial charge in [0.2, 0.25) is 5.95 Å².